The smallest absolute Gasteiger partial charge is 0.259 e. The third-order valence-electron chi connectivity index (χ3n) is 4.37. The molecule has 2 aromatic carbocycles. The summed E-state index contributed by atoms with van der Waals surface area (Å²) in [7, 11) is 1.56. The molecule has 142 valence electrons. The average Bonchev–Trinajstić information content (AvgIpc) is 2.80. The highest BCUT2D eigenvalue weighted by Crippen LogP contribution is 2.27. The average molecular weight is 382 g/mol. The maximum absolute atomic E-state index is 13.1. The van der Waals surface area contributed by atoms with E-state index in [1.54, 1.807) is 37.8 Å². The summed E-state index contributed by atoms with van der Waals surface area (Å²) in [5.74, 6) is 0.806. The van der Waals surface area contributed by atoms with Crippen LogP contribution in [0.3, 0.4) is 0 Å². The molecule has 2 aromatic heterocycles. The lowest BCUT2D eigenvalue weighted by atomic mass is 10.1. The van der Waals surface area contributed by atoms with E-state index in [9.17, 15) is 4.79 Å². The maximum Gasteiger partial charge on any atom is 0.259 e. The van der Waals surface area contributed by atoms with Crippen molar-refractivity contribution >= 4 is 11.6 Å². The minimum absolute atomic E-state index is 0.319. The van der Waals surface area contributed by atoms with Gasteiger partial charge in [-0.25, -0.2) is 9.97 Å². The van der Waals surface area contributed by atoms with E-state index >= 15 is 0 Å². The molecule has 6 nitrogen and oxygen atoms in total. The van der Waals surface area contributed by atoms with Crippen LogP contribution in [-0.4, -0.2) is 28.0 Å². The lowest BCUT2D eigenvalue weighted by molar-refractivity contribution is 0.102. The molecular weight excluding hydrogens is 364 g/mol. The number of hydrogen-bond donors (Lipinski definition) is 1. The summed E-state index contributed by atoms with van der Waals surface area (Å²) in [4.78, 5) is 26.2. The Bertz CT molecular complexity index is 1130. The Morgan fingerprint density at radius 2 is 1.62 bits per heavy atom. The molecule has 0 saturated carbocycles. The van der Waals surface area contributed by atoms with E-state index in [2.05, 4.69) is 20.3 Å². The SMILES string of the molecule is COc1ccccc1NC(=O)c1cnc(-c2ccccc2)nc1-c1ccncc1. The molecule has 2 heterocycles. The number of benzene rings is 2. The number of nitrogens with zero attached hydrogens (tertiary/aromatic N) is 3. The predicted octanol–water partition coefficient (Wildman–Crippen LogP) is 4.47. The third kappa shape index (κ3) is 3.96. The molecule has 4 rings (SSSR count). The summed E-state index contributed by atoms with van der Waals surface area (Å²) in [5.41, 5.74) is 3.13. The van der Waals surface area contributed by atoms with Crippen LogP contribution in [0.4, 0.5) is 5.69 Å². The van der Waals surface area contributed by atoms with Gasteiger partial charge >= 0.3 is 0 Å². The summed E-state index contributed by atoms with van der Waals surface area (Å²) in [6.07, 6.45) is 4.89. The van der Waals surface area contributed by atoms with E-state index in [1.165, 1.54) is 0 Å². The summed E-state index contributed by atoms with van der Waals surface area (Å²) in [6.45, 7) is 0. The van der Waals surface area contributed by atoms with Gasteiger partial charge in [0.2, 0.25) is 0 Å². The Labute approximate surface area is 168 Å². The molecule has 0 fully saturated rings. The standard InChI is InChI=1S/C23H18N4O2/c1-29-20-10-6-5-9-19(20)26-23(28)18-15-25-22(17-7-3-2-4-8-17)27-21(18)16-11-13-24-14-12-16/h2-15H,1H3,(H,26,28). The predicted molar refractivity (Wildman–Crippen MR) is 112 cm³/mol. The van der Waals surface area contributed by atoms with Crippen molar-refractivity contribution in [3.8, 4) is 28.4 Å². The van der Waals surface area contributed by atoms with Crippen molar-refractivity contribution in [2.24, 2.45) is 0 Å². The fourth-order valence-electron chi connectivity index (χ4n) is 2.94. The first kappa shape index (κ1) is 18.3. The number of anilines is 1. The van der Waals surface area contributed by atoms with Gasteiger partial charge in [-0.1, -0.05) is 42.5 Å². The fraction of sp³-hybridized carbons (Fsp3) is 0.0435. The second-order valence-electron chi connectivity index (χ2n) is 6.21. The summed E-state index contributed by atoms with van der Waals surface area (Å²) in [5, 5.41) is 2.89. The largest absolute Gasteiger partial charge is 0.495 e. The molecule has 29 heavy (non-hydrogen) atoms. The minimum atomic E-state index is -0.319. The molecule has 1 amide bonds. The van der Waals surface area contributed by atoms with Gasteiger partial charge in [0.1, 0.15) is 5.75 Å². The van der Waals surface area contributed by atoms with Gasteiger partial charge in [0.25, 0.3) is 5.91 Å². The van der Waals surface area contributed by atoms with Crippen LogP contribution in [0.15, 0.2) is 85.3 Å². The number of carbonyl (C=O) groups excluding carboxylic acids is 1. The zero-order chi connectivity index (χ0) is 20.1. The van der Waals surface area contributed by atoms with Gasteiger partial charge in [-0.05, 0) is 24.3 Å². The van der Waals surface area contributed by atoms with Crippen molar-refractivity contribution in [2.45, 2.75) is 0 Å². The van der Waals surface area contributed by atoms with Gasteiger partial charge in [0, 0.05) is 29.7 Å². The highest BCUT2D eigenvalue weighted by Gasteiger charge is 2.18. The van der Waals surface area contributed by atoms with E-state index in [0.717, 1.165) is 11.1 Å². The molecule has 0 aliphatic carbocycles. The quantitative estimate of drug-likeness (QED) is 0.551. The van der Waals surface area contributed by atoms with E-state index in [4.69, 9.17) is 4.74 Å². The lowest BCUT2D eigenvalue weighted by Gasteiger charge is -2.13. The molecule has 0 bridgehead atoms. The second-order valence-corrected chi connectivity index (χ2v) is 6.21. The Morgan fingerprint density at radius 1 is 0.897 bits per heavy atom. The Hall–Kier alpha value is -4.06. The van der Waals surface area contributed by atoms with Crippen LogP contribution in [0, 0.1) is 0 Å². The van der Waals surface area contributed by atoms with Gasteiger partial charge in [-0.15, -0.1) is 0 Å². The van der Waals surface area contributed by atoms with Crippen LogP contribution >= 0.6 is 0 Å². The molecule has 1 N–H and O–H groups in total. The van der Waals surface area contributed by atoms with Crippen molar-refractivity contribution in [3.05, 3.63) is 90.9 Å². The lowest BCUT2D eigenvalue weighted by Crippen LogP contribution is -2.15. The van der Waals surface area contributed by atoms with Crippen molar-refractivity contribution in [2.75, 3.05) is 12.4 Å². The Kier molecular flexibility index (Phi) is 5.25. The molecule has 6 heteroatoms. The first-order valence-electron chi connectivity index (χ1n) is 9.03. The number of carbonyl (C=O) groups is 1. The third-order valence-corrected chi connectivity index (χ3v) is 4.37. The molecule has 4 aromatic rings. The van der Waals surface area contributed by atoms with E-state index in [-0.39, 0.29) is 5.91 Å². The normalized spacial score (nSPS) is 10.4. The van der Waals surface area contributed by atoms with Crippen LogP contribution < -0.4 is 10.1 Å². The molecule has 0 atom stereocenters. The minimum Gasteiger partial charge on any atom is -0.495 e. The number of aromatic nitrogens is 3. The van der Waals surface area contributed by atoms with E-state index < -0.39 is 0 Å². The number of pyridine rings is 1. The molecule has 0 aliphatic heterocycles. The van der Waals surface area contributed by atoms with Gasteiger partial charge < -0.3 is 10.1 Å². The second kappa shape index (κ2) is 8.31. The summed E-state index contributed by atoms with van der Waals surface area (Å²) >= 11 is 0. The van der Waals surface area contributed by atoms with Crippen LogP contribution in [0.25, 0.3) is 22.6 Å². The van der Waals surface area contributed by atoms with Crippen LogP contribution in [0.5, 0.6) is 5.75 Å². The van der Waals surface area contributed by atoms with Crippen molar-refractivity contribution < 1.29 is 9.53 Å². The topological polar surface area (TPSA) is 77.0 Å². The highest BCUT2D eigenvalue weighted by atomic mass is 16.5. The van der Waals surface area contributed by atoms with Crippen LogP contribution in [0.1, 0.15) is 10.4 Å². The summed E-state index contributed by atoms with van der Waals surface area (Å²) < 4.78 is 5.32. The van der Waals surface area contributed by atoms with E-state index in [1.807, 2.05) is 54.6 Å². The number of nitrogens with one attached hydrogen (secondary N) is 1. The maximum atomic E-state index is 13.1. The molecular formula is C23H18N4O2. The first-order valence-corrected chi connectivity index (χ1v) is 9.03. The summed E-state index contributed by atoms with van der Waals surface area (Å²) in [6, 6.07) is 20.5. The number of ether oxygens (including phenoxy) is 1. The zero-order valence-corrected chi connectivity index (χ0v) is 15.7. The van der Waals surface area contributed by atoms with Gasteiger partial charge in [0.05, 0.1) is 24.1 Å². The number of para-hydroxylation sites is 2. The van der Waals surface area contributed by atoms with Crippen molar-refractivity contribution in [1.29, 1.82) is 0 Å². The zero-order valence-electron chi connectivity index (χ0n) is 15.7. The molecule has 0 aliphatic rings. The number of rotatable bonds is 5. The Morgan fingerprint density at radius 3 is 2.38 bits per heavy atom. The van der Waals surface area contributed by atoms with E-state index in [0.29, 0.717) is 28.5 Å². The number of hydrogen-bond acceptors (Lipinski definition) is 5. The fourth-order valence-corrected chi connectivity index (χ4v) is 2.94. The monoisotopic (exact) mass is 382 g/mol. The van der Waals surface area contributed by atoms with Gasteiger partial charge in [-0.2, -0.15) is 0 Å². The Balaban J connectivity index is 1.77. The van der Waals surface area contributed by atoms with Crippen molar-refractivity contribution in [1.82, 2.24) is 15.0 Å². The first-order chi connectivity index (χ1) is 14.3. The number of methoxy groups -OCH3 is 1. The molecule has 0 saturated heterocycles. The van der Waals surface area contributed by atoms with Crippen LogP contribution in [-0.2, 0) is 0 Å². The molecule has 0 spiro atoms. The number of amides is 1. The van der Waals surface area contributed by atoms with Gasteiger partial charge in [-0.3, -0.25) is 9.78 Å². The van der Waals surface area contributed by atoms with Crippen molar-refractivity contribution in [3.63, 3.8) is 0 Å². The molecule has 0 radical (unpaired) electrons. The van der Waals surface area contributed by atoms with Gasteiger partial charge in [0.15, 0.2) is 5.82 Å². The molecule has 0 unspecified atom stereocenters. The highest BCUT2D eigenvalue weighted by molar-refractivity contribution is 6.08. The van der Waals surface area contributed by atoms with Crippen LogP contribution in [0.2, 0.25) is 0 Å².